The first kappa shape index (κ1) is 17.9. The third-order valence-corrected chi connectivity index (χ3v) is 5.38. The van der Waals surface area contributed by atoms with Crippen LogP contribution in [0.15, 0.2) is 28.8 Å². The Kier molecular flexibility index (Phi) is 4.18. The molecule has 0 aliphatic heterocycles. The largest absolute Gasteiger partial charge is 0.388 e. The van der Waals surface area contributed by atoms with Crippen molar-refractivity contribution < 1.29 is 19.2 Å². The fraction of sp³-hybridized carbons (Fsp3) is 0.476. The fourth-order valence-electron chi connectivity index (χ4n) is 3.59. The van der Waals surface area contributed by atoms with Gasteiger partial charge in [-0.05, 0) is 42.4 Å². The van der Waals surface area contributed by atoms with Crippen molar-refractivity contribution in [2.24, 2.45) is 5.41 Å². The second-order valence-electron chi connectivity index (χ2n) is 8.65. The monoisotopic (exact) mass is 368 g/mol. The van der Waals surface area contributed by atoms with Crippen molar-refractivity contribution in [3.8, 4) is 0 Å². The number of aliphatic hydroxyl groups is 1. The number of nitrogens with one attached hydrogen (secondary N) is 1. The van der Waals surface area contributed by atoms with E-state index < -0.39 is 5.60 Å². The zero-order valence-electron chi connectivity index (χ0n) is 15.7. The first-order valence-electron chi connectivity index (χ1n) is 9.35. The summed E-state index contributed by atoms with van der Waals surface area (Å²) in [6.07, 6.45) is 3.19. The van der Waals surface area contributed by atoms with Crippen LogP contribution in [0.3, 0.4) is 0 Å². The molecule has 0 saturated heterocycles. The Bertz CT molecular complexity index is 891. The number of hydrogen-bond acceptors (Lipinski definition) is 5. The van der Waals surface area contributed by atoms with E-state index in [-0.39, 0.29) is 23.7 Å². The standard InChI is InChI=1S/C21H24N2O4/c1-20(2)10-15-18(16(24)11-20)17(27-23-15)9-13-3-5-14(6-4-13)19(25)22-12-21(26)7-8-21/h3-6,26H,7-12H2,1-2H3,(H,22,25). The Balaban J connectivity index is 1.44. The molecular weight excluding hydrogens is 344 g/mol. The van der Waals surface area contributed by atoms with Crippen molar-refractivity contribution >= 4 is 11.7 Å². The van der Waals surface area contributed by atoms with Crippen molar-refractivity contribution in [2.45, 2.75) is 51.6 Å². The van der Waals surface area contributed by atoms with Crippen LogP contribution in [0, 0.1) is 5.41 Å². The highest BCUT2D eigenvalue weighted by molar-refractivity contribution is 5.99. The molecule has 1 saturated carbocycles. The van der Waals surface area contributed by atoms with Crippen molar-refractivity contribution in [1.29, 1.82) is 0 Å². The van der Waals surface area contributed by atoms with Crippen LogP contribution >= 0.6 is 0 Å². The second kappa shape index (κ2) is 6.30. The van der Waals surface area contributed by atoms with E-state index in [9.17, 15) is 14.7 Å². The lowest BCUT2D eigenvalue weighted by Crippen LogP contribution is -2.33. The van der Waals surface area contributed by atoms with Crippen LogP contribution < -0.4 is 5.32 Å². The first-order chi connectivity index (χ1) is 12.7. The summed E-state index contributed by atoms with van der Waals surface area (Å²) < 4.78 is 5.47. The maximum atomic E-state index is 12.5. The smallest absolute Gasteiger partial charge is 0.251 e. The number of fused-ring (bicyclic) bond motifs is 1. The molecule has 6 nitrogen and oxygen atoms in total. The Morgan fingerprint density at radius 3 is 2.59 bits per heavy atom. The van der Waals surface area contributed by atoms with Crippen LogP contribution in [0.4, 0.5) is 0 Å². The molecule has 6 heteroatoms. The molecule has 0 radical (unpaired) electrons. The highest BCUT2D eigenvalue weighted by Gasteiger charge is 2.40. The summed E-state index contributed by atoms with van der Waals surface area (Å²) in [6, 6.07) is 7.20. The van der Waals surface area contributed by atoms with Crippen LogP contribution in [0.1, 0.15) is 70.8 Å². The van der Waals surface area contributed by atoms with Gasteiger partial charge in [0.2, 0.25) is 0 Å². The van der Waals surface area contributed by atoms with E-state index in [0.717, 1.165) is 30.5 Å². The molecular formula is C21H24N2O4. The topological polar surface area (TPSA) is 92.4 Å². The predicted molar refractivity (Wildman–Crippen MR) is 98.7 cm³/mol. The van der Waals surface area contributed by atoms with E-state index in [1.807, 2.05) is 12.1 Å². The molecule has 2 aliphatic carbocycles. The summed E-state index contributed by atoms with van der Waals surface area (Å²) in [4.78, 5) is 24.6. The van der Waals surface area contributed by atoms with Gasteiger partial charge in [-0.25, -0.2) is 0 Å². The second-order valence-corrected chi connectivity index (χ2v) is 8.65. The van der Waals surface area contributed by atoms with Crippen molar-refractivity contribution in [3.05, 3.63) is 52.4 Å². The fourth-order valence-corrected chi connectivity index (χ4v) is 3.59. The molecule has 0 bridgehead atoms. The average molecular weight is 368 g/mol. The maximum Gasteiger partial charge on any atom is 0.251 e. The molecule has 2 aliphatic rings. The minimum Gasteiger partial charge on any atom is -0.388 e. The molecule has 1 fully saturated rings. The van der Waals surface area contributed by atoms with Gasteiger partial charge in [0.05, 0.1) is 16.9 Å². The van der Waals surface area contributed by atoms with Crippen LogP contribution in [0.2, 0.25) is 0 Å². The van der Waals surface area contributed by atoms with E-state index in [1.54, 1.807) is 12.1 Å². The number of Topliss-reactive ketones (excluding diaryl/α,β-unsaturated/α-hetero) is 1. The van der Waals surface area contributed by atoms with Gasteiger partial charge in [-0.3, -0.25) is 9.59 Å². The summed E-state index contributed by atoms with van der Waals surface area (Å²) in [7, 11) is 0. The van der Waals surface area contributed by atoms with Crippen LogP contribution in [-0.4, -0.2) is 34.1 Å². The van der Waals surface area contributed by atoms with Gasteiger partial charge in [-0.2, -0.15) is 0 Å². The average Bonchev–Trinajstić information content (AvgIpc) is 3.21. The summed E-state index contributed by atoms with van der Waals surface area (Å²) in [5, 5.41) is 16.7. The molecule has 1 aromatic heterocycles. The van der Waals surface area contributed by atoms with E-state index in [2.05, 4.69) is 24.3 Å². The Hall–Kier alpha value is -2.47. The molecule has 2 N–H and O–H groups in total. The van der Waals surface area contributed by atoms with E-state index in [4.69, 9.17) is 4.52 Å². The van der Waals surface area contributed by atoms with E-state index in [0.29, 0.717) is 29.7 Å². The van der Waals surface area contributed by atoms with Gasteiger partial charge in [0, 0.05) is 24.9 Å². The SMILES string of the molecule is CC1(C)CC(=O)c2c(noc2Cc2ccc(C(=O)NCC3(O)CC3)cc2)C1. The summed E-state index contributed by atoms with van der Waals surface area (Å²) in [5.41, 5.74) is 2.08. The number of carbonyl (C=O) groups is 2. The summed E-state index contributed by atoms with van der Waals surface area (Å²) >= 11 is 0. The molecule has 1 heterocycles. The Morgan fingerprint density at radius 2 is 1.93 bits per heavy atom. The van der Waals surface area contributed by atoms with Gasteiger partial charge < -0.3 is 14.9 Å². The molecule has 4 rings (SSSR count). The summed E-state index contributed by atoms with van der Waals surface area (Å²) in [5.74, 6) is 0.487. The molecule has 1 amide bonds. The van der Waals surface area contributed by atoms with Crippen LogP contribution in [0.25, 0.3) is 0 Å². The highest BCUT2D eigenvalue weighted by Crippen LogP contribution is 2.36. The number of rotatable bonds is 5. The van der Waals surface area contributed by atoms with Gasteiger partial charge in [-0.1, -0.05) is 31.1 Å². The van der Waals surface area contributed by atoms with Gasteiger partial charge in [0.25, 0.3) is 5.91 Å². The van der Waals surface area contributed by atoms with Crippen molar-refractivity contribution in [3.63, 3.8) is 0 Å². The minimum absolute atomic E-state index is 0.0825. The number of aromatic nitrogens is 1. The van der Waals surface area contributed by atoms with Crippen molar-refractivity contribution in [2.75, 3.05) is 6.54 Å². The Morgan fingerprint density at radius 1 is 1.22 bits per heavy atom. The van der Waals surface area contributed by atoms with Gasteiger partial charge in [0.15, 0.2) is 11.5 Å². The lowest BCUT2D eigenvalue weighted by molar-refractivity contribution is 0.0894. The number of amides is 1. The zero-order valence-corrected chi connectivity index (χ0v) is 15.7. The van der Waals surface area contributed by atoms with Gasteiger partial charge >= 0.3 is 0 Å². The van der Waals surface area contributed by atoms with E-state index >= 15 is 0 Å². The lowest BCUT2D eigenvalue weighted by atomic mass is 9.75. The third kappa shape index (κ3) is 3.81. The predicted octanol–water partition coefficient (Wildman–Crippen LogP) is 2.68. The van der Waals surface area contributed by atoms with E-state index in [1.165, 1.54) is 0 Å². The molecule has 1 aromatic carbocycles. The van der Waals surface area contributed by atoms with Crippen molar-refractivity contribution in [1.82, 2.24) is 10.5 Å². The zero-order chi connectivity index (χ0) is 19.2. The molecule has 27 heavy (non-hydrogen) atoms. The molecule has 0 spiro atoms. The number of hydrogen-bond donors (Lipinski definition) is 2. The number of carbonyl (C=O) groups excluding carboxylic acids is 2. The maximum absolute atomic E-state index is 12.5. The molecule has 0 unspecified atom stereocenters. The first-order valence-corrected chi connectivity index (χ1v) is 9.35. The number of ketones is 1. The number of benzene rings is 1. The quantitative estimate of drug-likeness (QED) is 0.846. The molecule has 2 aromatic rings. The molecule has 0 atom stereocenters. The van der Waals surface area contributed by atoms with Gasteiger partial charge in [0.1, 0.15) is 0 Å². The van der Waals surface area contributed by atoms with Crippen LogP contribution in [0.5, 0.6) is 0 Å². The highest BCUT2D eigenvalue weighted by atomic mass is 16.5. The third-order valence-electron chi connectivity index (χ3n) is 5.38. The Labute approximate surface area is 157 Å². The lowest BCUT2D eigenvalue weighted by Gasteiger charge is -2.26. The number of nitrogens with zero attached hydrogens (tertiary/aromatic N) is 1. The summed E-state index contributed by atoms with van der Waals surface area (Å²) in [6.45, 7) is 4.41. The normalized spacial score (nSPS) is 19.4. The van der Waals surface area contributed by atoms with Gasteiger partial charge in [-0.15, -0.1) is 0 Å². The minimum atomic E-state index is -0.706. The van der Waals surface area contributed by atoms with Crippen LogP contribution in [-0.2, 0) is 12.8 Å². The molecule has 142 valence electrons.